The topological polar surface area (TPSA) is 114 Å². The monoisotopic (exact) mass is 378 g/mol. The number of aromatic hydroxyl groups is 1. The number of phenolic OH excluding ortho intramolecular Hbond substituents is 1. The van der Waals surface area contributed by atoms with Crippen LogP contribution in [0.15, 0.2) is 42.5 Å². The van der Waals surface area contributed by atoms with Crippen LogP contribution in [0.1, 0.15) is 20.7 Å². The maximum atomic E-state index is 11.9. The summed E-state index contributed by atoms with van der Waals surface area (Å²) in [5.41, 5.74) is 4.44. The molecule has 2 rings (SSSR count). The first-order valence-electron chi connectivity index (χ1n) is 7.29. The lowest BCUT2D eigenvalue weighted by Crippen LogP contribution is -2.43. The van der Waals surface area contributed by atoms with E-state index in [2.05, 4.69) is 10.9 Å². The van der Waals surface area contributed by atoms with E-state index in [1.54, 1.807) is 0 Å². The smallest absolute Gasteiger partial charge is 0.342 e. The van der Waals surface area contributed by atoms with Gasteiger partial charge in [-0.2, -0.15) is 0 Å². The van der Waals surface area contributed by atoms with Gasteiger partial charge in [-0.15, -0.1) is 0 Å². The molecule has 0 radical (unpaired) electrons. The van der Waals surface area contributed by atoms with E-state index in [1.807, 2.05) is 0 Å². The summed E-state index contributed by atoms with van der Waals surface area (Å²) in [5, 5.41) is 10.2. The van der Waals surface area contributed by atoms with Crippen molar-refractivity contribution in [1.29, 1.82) is 0 Å². The minimum absolute atomic E-state index is 0.121. The van der Waals surface area contributed by atoms with Gasteiger partial charge in [-0.3, -0.25) is 20.4 Å². The van der Waals surface area contributed by atoms with E-state index in [4.69, 9.17) is 21.1 Å². The lowest BCUT2D eigenvalue weighted by atomic mass is 10.2. The quantitative estimate of drug-likeness (QED) is 0.538. The Balaban J connectivity index is 1.82. The second kappa shape index (κ2) is 8.72. The third-order valence-corrected chi connectivity index (χ3v) is 3.43. The lowest BCUT2D eigenvalue weighted by Gasteiger charge is -2.09. The fourth-order valence-corrected chi connectivity index (χ4v) is 1.98. The first-order chi connectivity index (χ1) is 12.4. The van der Waals surface area contributed by atoms with Crippen LogP contribution in [-0.4, -0.2) is 36.6 Å². The molecule has 0 bridgehead atoms. The molecule has 3 N–H and O–H groups in total. The minimum atomic E-state index is -0.899. The molecule has 0 saturated carbocycles. The zero-order valence-electron chi connectivity index (χ0n) is 13.6. The number of rotatable bonds is 5. The summed E-state index contributed by atoms with van der Waals surface area (Å²) in [6, 6.07) is 10.0. The molecule has 0 aliphatic carbocycles. The first-order valence-corrected chi connectivity index (χ1v) is 7.67. The molecule has 2 aromatic rings. The van der Waals surface area contributed by atoms with Crippen LogP contribution in [0, 0.1) is 0 Å². The number of amides is 2. The Morgan fingerprint density at radius 1 is 1.08 bits per heavy atom. The number of carbonyl (C=O) groups excluding carboxylic acids is 3. The molecular formula is C17H15ClN2O6. The van der Waals surface area contributed by atoms with Gasteiger partial charge in [-0.25, -0.2) is 4.79 Å². The summed E-state index contributed by atoms with van der Waals surface area (Å²) in [6.07, 6.45) is 0. The maximum Gasteiger partial charge on any atom is 0.342 e. The van der Waals surface area contributed by atoms with Crippen molar-refractivity contribution in [3.05, 3.63) is 58.6 Å². The lowest BCUT2D eigenvalue weighted by molar-refractivity contribution is -0.125. The van der Waals surface area contributed by atoms with E-state index < -0.39 is 24.4 Å². The standard InChI is InChI=1S/C17H15ClN2O6/c1-25-12-6-7-13(14(21)8-12)17(24)26-9-15(22)19-20-16(23)10-2-4-11(18)5-3-10/h2-8,21H,9H2,1H3,(H,19,22)(H,20,23). The Morgan fingerprint density at radius 3 is 2.38 bits per heavy atom. The number of nitrogens with one attached hydrogen (secondary N) is 2. The van der Waals surface area contributed by atoms with Crippen LogP contribution < -0.4 is 15.6 Å². The van der Waals surface area contributed by atoms with Crippen molar-refractivity contribution in [1.82, 2.24) is 10.9 Å². The fourth-order valence-electron chi connectivity index (χ4n) is 1.86. The molecule has 0 atom stereocenters. The van der Waals surface area contributed by atoms with Crippen molar-refractivity contribution in [2.24, 2.45) is 0 Å². The molecular weight excluding hydrogens is 364 g/mol. The zero-order chi connectivity index (χ0) is 19.1. The zero-order valence-corrected chi connectivity index (χ0v) is 14.4. The molecule has 136 valence electrons. The summed E-state index contributed by atoms with van der Waals surface area (Å²) in [7, 11) is 1.41. The first kappa shape index (κ1) is 19.1. The van der Waals surface area contributed by atoms with Crippen molar-refractivity contribution in [3.63, 3.8) is 0 Å². The SMILES string of the molecule is COc1ccc(C(=O)OCC(=O)NNC(=O)c2ccc(Cl)cc2)c(O)c1. The third-order valence-electron chi connectivity index (χ3n) is 3.18. The van der Waals surface area contributed by atoms with Gasteiger partial charge in [0.2, 0.25) is 0 Å². The Hall–Kier alpha value is -3.26. The van der Waals surface area contributed by atoms with Crippen molar-refractivity contribution >= 4 is 29.4 Å². The van der Waals surface area contributed by atoms with Crippen LogP contribution in [0.25, 0.3) is 0 Å². The molecule has 9 heteroatoms. The number of benzene rings is 2. The number of carbonyl (C=O) groups is 3. The van der Waals surface area contributed by atoms with E-state index in [9.17, 15) is 19.5 Å². The summed E-state index contributed by atoms with van der Waals surface area (Å²) in [6.45, 7) is -0.648. The Kier molecular flexibility index (Phi) is 6.40. The van der Waals surface area contributed by atoms with Crippen LogP contribution in [0.4, 0.5) is 0 Å². The van der Waals surface area contributed by atoms with Crippen molar-refractivity contribution in [3.8, 4) is 11.5 Å². The molecule has 0 aromatic heterocycles. The van der Waals surface area contributed by atoms with Gasteiger partial charge < -0.3 is 14.6 Å². The molecule has 0 aliphatic rings. The average molecular weight is 379 g/mol. The van der Waals surface area contributed by atoms with Gasteiger partial charge in [-0.05, 0) is 36.4 Å². The number of esters is 1. The van der Waals surface area contributed by atoms with Crippen molar-refractivity contribution < 1.29 is 29.0 Å². The maximum absolute atomic E-state index is 11.9. The largest absolute Gasteiger partial charge is 0.507 e. The van der Waals surface area contributed by atoms with Gasteiger partial charge in [0.1, 0.15) is 17.1 Å². The molecule has 2 aromatic carbocycles. The predicted molar refractivity (Wildman–Crippen MR) is 92.0 cm³/mol. The number of halogens is 1. The van der Waals surface area contributed by atoms with Gasteiger partial charge in [0.25, 0.3) is 11.8 Å². The Morgan fingerprint density at radius 2 is 1.77 bits per heavy atom. The molecule has 26 heavy (non-hydrogen) atoms. The van der Waals surface area contributed by atoms with E-state index in [1.165, 1.54) is 49.6 Å². The molecule has 0 unspecified atom stereocenters. The predicted octanol–water partition coefficient (Wildman–Crippen LogP) is 1.67. The average Bonchev–Trinajstić information content (AvgIpc) is 2.64. The number of hydrazine groups is 1. The van der Waals surface area contributed by atoms with Gasteiger partial charge in [0.15, 0.2) is 6.61 Å². The fraction of sp³-hybridized carbons (Fsp3) is 0.118. The van der Waals surface area contributed by atoms with Crippen LogP contribution in [0.5, 0.6) is 11.5 Å². The normalized spacial score (nSPS) is 9.92. The summed E-state index contributed by atoms with van der Waals surface area (Å²) < 4.78 is 9.68. The third kappa shape index (κ3) is 5.12. The van der Waals surface area contributed by atoms with Crippen LogP contribution in [0.2, 0.25) is 5.02 Å². The van der Waals surface area contributed by atoms with Gasteiger partial charge in [0, 0.05) is 16.7 Å². The van der Waals surface area contributed by atoms with Crippen molar-refractivity contribution in [2.75, 3.05) is 13.7 Å². The minimum Gasteiger partial charge on any atom is -0.507 e. The highest BCUT2D eigenvalue weighted by molar-refractivity contribution is 6.30. The molecule has 0 heterocycles. The van der Waals surface area contributed by atoms with Gasteiger partial charge in [0.05, 0.1) is 7.11 Å². The molecule has 8 nitrogen and oxygen atoms in total. The Labute approximate surface area is 153 Å². The summed E-state index contributed by atoms with van der Waals surface area (Å²) >= 11 is 5.72. The molecule has 0 saturated heterocycles. The van der Waals surface area contributed by atoms with E-state index in [0.717, 1.165) is 0 Å². The van der Waals surface area contributed by atoms with Crippen molar-refractivity contribution in [2.45, 2.75) is 0 Å². The molecule has 0 spiro atoms. The highest BCUT2D eigenvalue weighted by Gasteiger charge is 2.15. The van der Waals surface area contributed by atoms with Gasteiger partial charge in [-0.1, -0.05) is 11.6 Å². The second-order valence-corrected chi connectivity index (χ2v) is 5.40. The number of ether oxygens (including phenoxy) is 2. The summed E-state index contributed by atoms with van der Waals surface area (Å²) in [5.74, 6) is -2.19. The van der Waals surface area contributed by atoms with Crippen LogP contribution >= 0.6 is 11.6 Å². The van der Waals surface area contributed by atoms with Gasteiger partial charge >= 0.3 is 5.97 Å². The van der Waals surface area contributed by atoms with E-state index in [0.29, 0.717) is 10.8 Å². The highest BCUT2D eigenvalue weighted by atomic mass is 35.5. The Bertz CT molecular complexity index is 823. The molecule has 2 amide bonds. The van der Waals surface area contributed by atoms with E-state index in [-0.39, 0.29) is 16.9 Å². The molecule has 0 aliphatic heterocycles. The van der Waals surface area contributed by atoms with E-state index >= 15 is 0 Å². The number of methoxy groups -OCH3 is 1. The highest BCUT2D eigenvalue weighted by Crippen LogP contribution is 2.23. The number of hydrogen-bond acceptors (Lipinski definition) is 6. The molecule has 0 fully saturated rings. The second-order valence-electron chi connectivity index (χ2n) is 4.97. The summed E-state index contributed by atoms with van der Waals surface area (Å²) in [4.78, 5) is 35.3. The number of hydrogen-bond donors (Lipinski definition) is 3. The van der Waals surface area contributed by atoms with Crippen LogP contribution in [0.3, 0.4) is 0 Å². The number of phenols is 1. The van der Waals surface area contributed by atoms with Crippen LogP contribution in [-0.2, 0) is 9.53 Å².